The molecule has 0 spiro atoms. The van der Waals surface area contributed by atoms with Crippen molar-refractivity contribution in [1.29, 1.82) is 0 Å². The summed E-state index contributed by atoms with van der Waals surface area (Å²) in [5, 5.41) is 0. The van der Waals surface area contributed by atoms with Gasteiger partial charge in [0.05, 0.1) is 0 Å². The summed E-state index contributed by atoms with van der Waals surface area (Å²) >= 11 is 0. The minimum absolute atomic E-state index is 0.566. The third-order valence-electron chi connectivity index (χ3n) is 4.88. The van der Waals surface area contributed by atoms with Crippen molar-refractivity contribution in [1.82, 2.24) is 4.98 Å². The number of aryl methyl sites for hydroxylation is 1. The number of pyridine rings is 1. The molecule has 2 heterocycles. The Morgan fingerprint density at radius 3 is 2.37 bits per heavy atom. The summed E-state index contributed by atoms with van der Waals surface area (Å²) in [5.74, 6) is 1.11. The predicted molar refractivity (Wildman–Crippen MR) is 81.3 cm³/mol. The number of aromatic nitrogens is 1. The highest BCUT2D eigenvalue weighted by molar-refractivity contribution is 5.43. The van der Waals surface area contributed by atoms with Crippen LogP contribution < -0.4 is 10.6 Å². The largest absolute Gasteiger partial charge is 0.357 e. The van der Waals surface area contributed by atoms with Crippen molar-refractivity contribution in [3.63, 3.8) is 0 Å². The highest BCUT2D eigenvalue weighted by Crippen LogP contribution is 2.38. The van der Waals surface area contributed by atoms with Crippen LogP contribution in [0.2, 0.25) is 0 Å². The van der Waals surface area contributed by atoms with E-state index >= 15 is 0 Å². The fraction of sp³-hybridized carbons (Fsp3) is 0.688. The molecular formula is C16H27N3. The average Bonchev–Trinajstić information content (AvgIpc) is 2.46. The zero-order valence-corrected chi connectivity index (χ0v) is 12.6. The van der Waals surface area contributed by atoms with Gasteiger partial charge in [0.2, 0.25) is 0 Å². The summed E-state index contributed by atoms with van der Waals surface area (Å²) in [7, 11) is 0. The van der Waals surface area contributed by atoms with E-state index in [-0.39, 0.29) is 0 Å². The lowest BCUT2D eigenvalue weighted by atomic mass is 9.74. The molecule has 1 aliphatic heterocycles. The number of nitrogens with two attached hydrogens (primary N) is 1. The molecule has 3 heteroatoms. The summed E-state index contributed by atoms with van der Waals surface area (Å²) in [6.07, 6.45) is 5.17. The van der Waals surface area contributed by atoms with Crippen molar-refractivity contribution in [2.45, 2.75) is 53.0 Å². The van der Waals surface area contributed by atoms with Crippen molar-refractivity contribution in [3.8, 4) is 0 Å². The van der Waals surface area contributed by atoms with E-state index in [0.29, 0.717) is 12.0 Å². The number of anilines is 1. The first-order chi connectivity index (χ1) is 9.12. The molecule has 1 aromatic heterocycles. The summed E-state index contributed by atoms with van der Waals surface area (Å²) in [4.78, 5) is 7.10. The van der Waals surface area contributed by atoms with Crippen LogP contribution in [0.5, 0.6) is 0 Å². The second-order valence-electron chi connectivity index (χ2n) is 5.87. The molecule has 1 saturated heterocycles. The molecule has 0 amide bonds. The molecule has 106 valence electrons. The van der Waals surface area contributed by atoms with E-state index in [4.69, 9.17) is 5.73 Å². The van der Waals surface area contributed by atoms with Gasteiger partial charge in [0, 0.05) is 25.3 Å². The number of hydrogen-bond donors (Lipinski definition) is 1. The van der Waals surface area contributed by atoms with Crippen molar-refractivity contribution < 1.29 is 0 Å². The Hall–Kier alpha value is -1.09. The smallest absolute Gasteiger partial charge is 0.129 e. The first kappa shape index (κ1) is 14.3. The molecule has 2 N–H and O–H groups in total. The molecule has 0 radical (unpaired) electrons. The fourth-order valence-electron chi connectivity index (χ4n) is 3.17. The van der Waals surface area contributed by atoms with E-state index in [1.807, 2.05) is 0 Å². The van der Waals surface area contributed by atoms with Crippen LogP contribution in [-0.4, -0.2) is 18.1 Å². The lowest BCUT2D eigenvalue weighted by Crippen LogP contribution is -2.40. The maximum Gasteiger partial charge on any atom is 0.129 e. The SMILES string of the molecule is CCC1(CC)CCN(c2cc(CN)cc(C)n2)CC1. The Morgan fingerprint density at radius 2 is 1.84 bits per heavy atom. The number of rotatable bonds is 4. The Labute approximate surface area is 117 Å². The maximum atomic E-state index is 5.76. The van der Waals surface area contributed by atoms with Crippen LogP contribution in [0, 0.1) is 12.3 Å². The van der Waals surface area contributed by atoms with Crippen LogP contribution in [-0.2, 0) is 6.54 Å². The normalized spacial score (nSPS) is 18.6. The molecule has 1 aliphatic rings. The molecule has 0 bridgehead atoms. The van der Waals surface area contributed by atoms with E-state index in [0.717, 1.165) is 24.6 Å². The van der Waals surface area contributed by atoms with E-state index in [1.165, 1.54) is 31.2 Å². The summed E-state index contributed by atoms with van der Waals surface area (Å²) < 4.78 is 0. The van der Waals surface area contributed by atoms with Gasteiger partial charge < -0.3 is 10.6 Å². The number of hydrogen-bond acceptors (Lipinski definition) is 3. The molecule has 3 nitrogen and oxygen atoms in total. The lowest BCUT2D eigenvalue weighted by molar-refractivity contribution is 0.199. The quantitative estimate of drug-likeness (QED) is 0.904. The molecule has 0 aromatic carbocycles. The van der Waals surface area contributed by atoms with Crippen LogP contribution in [0.25, 0.3) is 0 Å². The fourth-order valence-corrected chi connectivity index (χ4v) is 3.17. The maximum absolute atomic E-state index is 5.76. The highest BCUT2D eigenvalue weighted by Gasteiger charge is 2.31. The third kappa shape index (κ3) is 3.08. The zero-order valence-electron chi connectivity index (χ0n) is 12.6. The molecule has 0 aliphatic carbocycles. The standard InChI is InChI=1S/C16H27N3/c1-4-16(5-2)6-8-19(9-7-16)15-11-14(12-17)10-13(3)18-15/h10-11H,4-9,12,17H2,1-3H3. The van der Waals surface area contributed by atoms with Gasteiger partial charge in [0.15, 0.2) is 0 Å². The third-order valence-corrected chi connectivity index (χ3v) is 4.88. The molecule has 19 heavy (non-hydrogen) atoms. The van der Waals surface area contributed by atoms with Gasteiger partial charge in [-0.25, -0.2) is 4.98 Å². The number of piperidine rings is 1. The minimum atomic E-state index is 0.566. The van der Waals surface area contributed by atoms with Crippen LogP contribution in [0.3, 0.4) is 0 Å². The van der Waals surface area contributed by atoms with E-state index in [9.17, 15) is 0 Å². The summed E-state index contributed by atoms with van der Waals surface area (Å²) in [6.45, 7) is 9.56. The zero-order chi connectivity index (χ0) is 13.9. The molecular weight excluding hydrogens is 234 g/mol. The van der Waals surface area contributed by atoms with Gasteiger partial charge in [-0.2, -0.15) is 0 Å². The van der Waals surface area contributed by atoms with Crippen LogP contribution in [0.15, 0.2) is 12.1 Å². The van der Waals surface area contributed by atoms with Crippen molar-refractivity contribution in [3.05, 3.63) is 23.4 Å². The Morgan fingerprint density at radius 1 is 1.21 bits per heavy atom. The molecule has 1 fully saturated rings. The van der Waals surface area contributed by atoms with Crippen LogP contribution in [0.1, 0.15) is 50.8 Å². The van der Waals surface area contributed by atoms with Crippen molar-refractivity contribution in [2.75, 3.05) is 18.0 Å². The second-order valence-corrected chi connectivity index (χ2v) is 5.87. The summed E-state index contributed by atoms with van der Waals surface area (Å²) in [6, 6.07) is 4.23. The first-order valence-electron chi connectivity index (χ1n) is 7.55. The van der Waals surface area contributed by atoms with Crippen molar-refractivity contribution in [2.24, 2.45) is 11.1 Å². The van der Waals surface area contributed by atoms with Crippen molar-refractivity contribution >= 4 is 5.82 Å². The number of nitrogens with zero attached hydrogens (tertiary/aromatic N) is 2. The highest BCUT2D eigenvalue weighted by atomic mass is 15.2. The van der Waals surface area contributed by atoms with Gasteiger partial charge in [0.1, 0.15) is 5.82 Å². The Kier molecular flexibility index (Phi) is 4.46. The predicted octanol–water partition coefficient (Wildman–Crippen LogP) is 3.26. The molecule has 0 saturated carbocycles. The first-order valence-corrected chi connectivity index (χ1v) is 7.55. The minimum Gasteiger partial charge on any atom is -0.357 e. The van der Waals surface area contributed by atoms with Gasteiger partial charge in [0.25, 0.3) is 0 Å². The second kappa shape index (κ2) is 5.91. The Bertz CT molecular complexity index is 414. The van der Waals surface area contributed by atoms with E-state index < -0.39 is 0 Å². The van der Waals surface area contributed by atoms with E-state index in [2.05, 4.69) is 42.8 Å². The van der Waals surface area contributed by atoms with E-state index in [1.54, 1.807) is 0 Å². The summed E-state index contributed by atoms with van der Waals surface area (Å²) in [5.41, 5.74) is 8.58. The molecule has 1 aromatic rings. The topological polar surface area (TPSA) is 42.1 Å². The van der Waals surface area contributed by atoms with Gasteiger partial charge >= 0.3 is 0 Å². The Balaban J connectivity index is 2.11. The monoisotopic (exact) mass is 261 g/mol. The van der Waals surface area contributed by atoms with Gasteiger partial charge in [-0.3, -0.25) is 0 Å². The van der Waals surface area contributed by atoms with Gasteiger partial charge in [-0.15, -0.1) is 0 Å². The molecule has 0 unspecified atom stereocenters. The average molecular weight is 261 g/mol. The molecule has 0 atom stereocenters. The van der Waals surface area contributed by atoms with Gasteiger partial charge in [-0.1, -0.05) is 26.7 Å². The molecule has 2 rings (SSSR count). The van der Waals surface area contributed by atoms with Crippen LogP contribution >= 0.6 is 0 Å². The van der Waals surface area contributed by atoms with Crippen LogP contribution in [0.4, 0.5) is 5.82 Å². The lowest BCUT2D eigenvalue weighted by Gasteiger charge is -2.41. The van der Waals surface area contributed by atoms with Gasteiger partial charge in [-0.05, 0) is 42.9 Å².